The summed E-state index contributed by atoms with van der Waals surface area (Å²) in [7, 11) is 0. The van der Waals surface area contributed by atoms with Crippen LogP contribution in [0.4, 0.5) is 0 Å². The fraction of sp³-hybridized carbons (Fsp3) is 0.312. The summed E-state index contributed by atoms with van der Waals surface area (Å²) >= 11 is 1.63. The average Bonchev–Trinajstić information content (AvgIpc) is 3.17. The Morgan fingerprint density at radius 1 is 1.41 bits per heavy atom. The van der Waals surface area contributed by atoms with E-state index in [1.165, 1.54) is 5.56 Å². The van der Waals surface area contributed by atoms with Gasteiger partial charge in [-0.3, -0.25) is 9.89 Å². The summed E-state index contributed by atoms with van der Waals surface area (Å²) in [6.07, 6.45) is 4.43. The molecule has 0 aliphatic heterocycles. The van der Waals surface area contributed by atoms with Gasteiger partial charge in [-0.2, -0.15) is 5.10 Å². The largest absolute Gasteiger partial charge is 0.349 e. The number of nitrogens with one attached hydrogen (secondary N) is 2. The van der Waals surface area contributed by atoms with Gasteiger partial charge >= 0.3 is 0 Å². The van der Waals surface area contributed by atoms with Crippen LogP contribution in [0.2, 0.25) is 0 Å². The quantitative estimate of drug-likeness (QED) is 0.780. The summed E-state index contributed by atoms with van der Waals surface area (Å²) in [5, 5.41) is 11.0. The van der Waals surface area contributed by atoms with Crippen LogP contribution in [0.1, 0.15) is 22.7 Å². The number of aromatic amines is 1. The first-order valence-corrected chi connectivity index (χ1v) is 8.24. The molecule has 0 fully saturated rings. The van der Waals surface area contributed by atoms with Crippen LogP contribution in [-0.4, -0.2) is 21.1 Å². The van der Waals surface area contributed by atoms with Gasteiger partial charge in [0.15, 0.2) is 0 Å². The van der Waals surface area contributed by atoms with Crippen LogP contribution < -0.4 is 5.32 Å². The second kappa shape index (κ2) is 5.53. The fourth-order valence-corrected chi connectivity index (χ4v) is 3.84. The highest BCUT2D eigenvalue weighted by molar-refractivity contribution is 7.18. The number of para-hydroxylation sites is 1. The first-order chi connectivity index (χ1) is 10.8. The molecule has 1 aromatic carbocycles. The van der Waals surface area contributed by atoms with Gasteiger partial charge in [0.2, 0.25) is 5.91 Å². The Kier molecular flexibility index (Phi) is 3.38. The van der Waals surface area contributed by atoms with Crippen LogP contribution in [0.5, 0.6) is 0 Å². The molecule has 1 atom stereocenters. The Balaban J connectivity index is 1.40. The number of benzene rings is 1. The highest BCUT2D eigenvalue weighted by Crippen LogP contribution is 2.24. The van der Waals surface area contributed by atoms with E-state index in [0.717, 1.165) is 40.2 Å². The summed E-state index contributed by atoms with van der Waals surface area (Å²) in [6, 6.07) is 8.04. The molecular formula is C16H16N4OS. The van der Waals surface area contributed by atoms with Gasteiger partial charge in [-0.25, -0.2) is 4.98 Å². The van der Waals surface area contributed by atoms with E-state index in [4.69, 9.17) is 0 Å². The van der Waals surface area contributed by atoms with E-state index in [-0.39, 0.29) is 11.8 Å². The standard InChI is InChI=1S/C16H16N4OS/c21-16(10-5-6-11-8-18-20-13(11)7-10)17-9-15-19-12-3-1-2-4-14(12)22-15/h1-4,8,10H,5-7,9H2,(H,17,21)(H,18,20)/t10-/m1/s1. The van der Waals surface area contributed by atoms with Crippen molar-refractivity contribution in [2.24, 2.45) is 5.92 Å². The lowest BCUT2D eigenvalue weighted by Crippen LogP contribution is -2.33. The zero-order chi connectivity index (χ0) is 14.9. The van der Waals surface area contributed by atoms with Crippen LogP contribution in [0.15, 0.2) is 30.5 Å². The van der Waals surface area contributed by atoms with Crippen molar-refractivity contribution >= 4 is 27.5 Å². The van der Waals surface area contributed by atoms with Gasteiger partial charge in [-0.15, -0.1) is 11.3 Å². The Morgan fingerprint density at radius 3 is 3.23 bits per heavy atom. The third-order valence-electron chi connectivity index (χ3n) is 4.14. The Hall–Kier alpha value is -2.21. The third-order valence-corrected chi connectivity index (χ3v) is 5.18. The van der Waals surface area contributed by atoms with Gasteiger partial charge in [0.1, 0.15) is 5.01 Å². The van der Waals surface area contributed by atoms with Gasteiger partial charge in [-0.1, -0.05) is 12.1 Å². The summed E-state index contributed by atoms with van der Waals surface area (Å²) in [6.45, 7) is 0.504. The molecular weight excluding hydrogens is 296 g/mol. The maximum absolute atomic E-state index is 12.3. The minimum atomic E-state index is 0.0299. The van der Waals surface area contributed by atoms with E-state index in [2.05, 4.69) is 26.6 Å². The first kappa shape index (κ1) is 13.5. The van der Waals surface area contributed by atoms with Gasteiger partial charge < -0.3 is 5.32 Å². The highest BCUT2D eigenvalue weighted by atomic mass is 32.1. The van der Waals surface area contributed by atoms with Crippen LogP contribution in [0.25, 0.3) is 10.2 Å². The van der Waals surface area contributed by atoms with Crippen LogP contribution in [0.3, 0.4) is 0 Å². The molecule has 0 radical (unpaired) electrons. The molecule has 0 saturated heterocycles. The number of fused-ring (bicyclic) bond motifs is 2. The maximum Gasteiger partial charge on any atom is 0.223 e. The van der Waals surface area contributed by atoms with Crippen molar-refractivity contribution in [2.45, 2.75) is 25.8 Å². The zero-order valence-electron chi connectivity index (χ0n) is 12.0. The second-order valence-electron chi connectivity index (χ2n) is 5.61. The van der Waals surface area contributed by atoms with E-state index in [1.54, 1.807) is 11.3 Å². The van der Waals surface area contributed by atoms with E-state index in [1.807, 2.05) is 24.4 Å². The van der Waals surface area contributed by atoms with Gasteiger partial charge in [0.05, 0.1) is 23.0 Å². The predicted octanol–water partition coefficient (Wildman–Crippen LogP) is 2.44. The number of hydrogen-bond acceptors (Lipinski definition) is 4. The smallest absolute Gasteiger partial charge is 0.223 e. The molecule has 0 unspecified atom stereocenters. The molecule has 1 amide bonds. The molecule has 1 aliphatic carbocycles. The maximum atomic E-state index is 12.3. The lowest BCUT2D eigenvalue weighted by atomic mass is 9.87. The van der Waals surface area contributed by atoms with E-state index < -0.39 is 0 Å². The molecule has 3 aromatic rings. The highest BCUT2D eigenvalue weighted by Gasteiger charge is 2.25. The van der Waals surface area contributed by atoms with E-state index in [9.17, 15) is 4.79 Å². The van der Waals surface area contributed by atoms with Crippen molar-refractivity contribution in [3.63, 3.8) is 0 Å². The molecule has 6 heteroatoms. The molecule has 112 valence electrons. The number of carbonyl (C=O) groups is 1. The molecule has 2 aromatic heterocycles. The Bertz CT molecular complexity index is 789. The average molecular weight is 312 g/mol. The fourth-order valence-electron chi connectivity index (χ4n) is 2.93. The summed E-state index contributed by atoms with van der Waals surface area (Å²) in [5.74, 6) is 0.141. The Labute approximate surface area is 131 Å². The van der Waals surface area contributed by atoms with Crippen molar-refractivity contribution in [3.8, 4) is 0 Å². The lowest BCUT2D eigenvalue weighted by Gasteiger charge is -2.20. The molecule has 0 bridgehead atoms. The third kappa shape index (κ3) is 2.50. The van der Waals surface area contributed by atoms with Crippen LogP contribution in [-0.2, 0) is 24.2 Å². The summed E-state index contributed by atoms with van der Waals surface area (Å²) in [5.41, 5.74) is 3.35. The monoisotopic (exact) mass is 312 g/mol. The molecule has 0 saturated carbocycles. The number of rotatable bonds is 3. The molecule has 2 heterocycles. The van der Waals surface area contributed by atoms with Crippen LogP contribution in [0, 0.1) is 5.92 Å². The molecule has 1 aliphatic rings. The molecule has 22 heavy (non-hydrogen) atoms. The van der Waals surface area contributed by atoms with Crippen molar-refractivity contribution in [3.05, 3.63) is 46.7 Å². The minimum absolute atomic E-state index is 0.0299. The number of carbonyl (C=O) groups excluding carboxylic acids is 1. The van der Waals surface area contributed by atoms with Crippen molar-refractivity contribution in [1.82, 2.24) is 20.5 Å². The summed E-state index contributed by atoms with van der Waals surface area (Å²) in [4.78, 5) is 16.9. The number of aromatic nitrogens is 3. The van der Waals surface area contributed by atoms with Gasteiger partial charge in [0, 0.05) is 18.0 Å². The Morgan fingerprint density at radius 2 is 2.32 bits per heavy atom. The molecule has 2 N–H and O–H groups in total. The first-order valence-electron chi connectivity index (χ1n) is 7.43. The number of thiazole rings is 1. The van der Waals surface area contributed by atoms with Gasteiger partial charge in [0.25, 0.3) is 0 Å². The molecule has 0 spiro atoms. The number of hydrogen-bond donors (Lipinski definition) is 2. The molecule has 4 rings (SSSR count). The van der Waals surface area contributed by atoms with Gasteiger partial charge in [-0.05, 0) is 30.5 Å². The lowest BCUT2D eigenvalue weighted by molar-refractivity contribution is -0.125. The van der Waals surface area contributed by atoms with Crippen molar-refractivity contribution in [2.75, 3.05) is 0 Å². The number of H-pyrrole nitrogens is 1. The summed E-state index contributed by atoms with van der Waals surface area (Å²) < 4.78 is 1.16. The SMILES string of the molecule is O=C(NCc1nc2ccccc2s1)[C@@H]1CCc2cn[nH]c2C1. The number of nitrogens with zero attached hydrogens (tertiary/aromatic N) is 2. The second-order valence-corrected chi connectivity index (χ2v) is 6.72. The van der Waals surface area contributed by atoms with Crippen molar-refractivity contribution < 1.29 is 4.79 Å². The zero-order valence-corrected chi connectivity index (χ0v) is 12.8. The number of amides is 1. The number of aryl methyl sites for hydroxylation is 1. The van der Waals surface area contributed by atoms with Crippen molar-refractivity contribution in [1.29, 1.82) is 0 Å². The van der Waals surface area contributed by atoms with Crippen LogP contribution >= 0.6 is 11.3 Å². The minimum Gasteiger partial charge on any atom is -0.349 e. The van der Waals surface area contributed by atoms with E-state index in [0.29, 0.717) is 6.54 Å². The topological polar surface area (TPSA) is 70.7 Å². The normalized spacial score (nSPS) is 17.4. The molecule has 5 nitrogen and oxygen atoms in total. The predicted molar refractivity (Wildman–Crippen MR) is 85.6 cm³/mol. The van der Waals surface area contributed by atoms with E-state index >= 15 is 0 Å².